The number of hydrogen-bond donors (Lipinski definition) is 1. The molecule has 4 nitrogen and oxygen atoms in total. The summed E-state index contributed by atoms with van der Waals surface area (Å²) in [4.78, 5) is 0.117. The largest absolute Gasteiger partial charge is 0.313 e. The zero-order chi connectivity index (χ0) is 14.8. The molecule has 0 spiro atoms. The Kier molecular flexibility index (Phi) is 5.73. The standard InChI is InChI=1S/C12H18Cl2N2O2S2/c1-2-16(8-9-5-3-4-6-15-9)20(17,18)10-7-11(13)19-12(10)14/h7,9,15H,2-6,8H2,1H3. The first kappa shape index (κ1) is 16.5. The van der Waals surface area contributed by atoms with Crippen molar-refractivity contribution in [2.24, 2.45) is 0 Å². The van der Waals surface area contributed by atoms with Gasteiger partial charge in [-0.3, -0.25) is 0 Å². The molecular weight excluding hydrogens is 339 g/mol. The van der Waals surface area contributed by atoms with Crippen LogP contribution in [0.4, 0.5) is 0 Å². The molecule has 0 radical (unpaired) electrons. The Morgan fingerprint density at radius 3 is 2.70 bits per heavy atom. The highest BCUT2D eigenvalue weighted by Crippen LogP contribution is 2.35. The highest BCUT2D eigenvalue weighted by atomic mass is 35.5. The molecule has 0 amide bonds. The van der Waals surface area contributed by atoms with E-state index in [-0.39, 0.29) is 15.3 Å². The lowest BCUT2D eigenvalue weighted by Crippen LogP contribution is -2.45. The van der Waals surface area contributed by atoms with Crippen LogP contribution in [0.2, 0.25) is 8.67 Å². The van der Waals surface area contributed by atoms with Crippen LogP contribution >= 0.6 is 34.5 Å². The number of rotatable bonds is 5. The minimum atomic E-state index is -3.57. The van der Waals surface area contributed by atoms with E-state index in [1.807, 2.05) is 6.92 Å². The van der Waals surface area contributed by atoms with Crippen molar-refractivity contribution >= 4 is 44.6 Å². The van der Waals surface area contributed by atoms with Crippen LogP contribution in [0, 0.1) is 0 Å². The summed E-state index contributed by atoms with van der Waals surface area (Å²) in [5.74, 6) is 0. The van der Waals surface area contributed by atoms with Crippen molar-refractivity contribution in [3.8, 4) is 0 Å². The number of nitrogens with one attached hydrogen (secondary N) is 1. The monoisotopic (exact) mass is 356 g/mol. The Hall–Kier alpha value is 0.150. The van der Waals surface area contributed by atoms with Crippen molar-refractivity contribution < 1.29 is 8.42 Å². The number of nitrogens with zero attached hydrogens (tertiary/aromatic N) is 1. The summed E-state index contributed by atoms with van der Waals surface area (Å²) in [6.45, 7) is 3.68. The van der Waals surface area contributed by atoms with E-state index >= 15 is 0 Å². The average molecular weight is 357 g/mol. The lowest BCUT2D eigenvalue weighted by molar-refractivity contribution is 0.319. The number of sulfonamides is 1. The van der Waals surface area contributed by atoms with Crippen LogP contribution < -0.4 is 5.32 Å². The molecule has 1 aliphatic rings. The van der Waals surface area contributed by atoms with E-state index < -0.39 is 10.0 Å². The molecule has 8 heteroatoms. The van der Waals surface area contributed by atoms with Crippen LogP contribution in [-0.4, -0.2) is 38.4 Å². The molecule has 20 heavy (non-hydrogen) atoms. The van der Waals surface area contributed by atoms with E-state index in [1.165, 1.54) is 10.4 Å². The van der Waals surface area contributed by atoms with Gasteiger partial charge in [0.25, 0.3) is 0 Å². The molecule has 1 saturated heterocycles. The predicted octanol–water partition coefficient (Wildman–Crippen LogP) is 3.21. The number of halogens is 2. The van der Waals surface area contributed by atoms with Gasteiger partial charge in [0, 0.05) is 19.1 Å². The molecule has 1 aliphatic heterocycles. The van der Waals surface area contributed by atoms with Gasteiger partial charge in [0.05, 0.1) is 4.34 Å². The molecule has 0 saturated carbocycles. The van der Waals surface area contributed by atoms with E-state index in [4.69, 9.17) is 23.2 Å². The molecule has 0 bridgehead atoms. The molecule has 2 heterocycles. The van der Waals surface area contributed by atoms with Gasteiger partial charge in [0.1, 0.15) is 9.23 Å². The van der Waals surface area contributed by atoms with Gasteiger partial charge in [0.2, 0.25) is 10.0 Å². The Labute approximate surface area is 134 Å². The summed E-state index contributed by atoms with van der Waals surface area (Å²) in [6, 6.07) is 1.65. The zero-order valence-corrected chi connectivity index (χ0v) is 14.4. The van der Waals surface area contributed by atoms with Crippen molar-refractivity contribution in [2.45, 2.75) is 37.1 Å². The first-order chi connectivity index (χ1) is 9.45. The second-order valence-electron chi connectivity index (χ2n) is 4.79. The van der Waals surface area contributed by atoms with Crippen molar-refractivity contribution in [3.63, 3.8) is 0 Å². The van der Waals surface area contributed by atoms with E-state index in [1.54, 1.807) is 0 Å². The van der Waals surface area contributed by atoms with E-state index in [2.05, 4.69) is 5.32 Å². The minimum Gasteiger partial charge on any atom is -0.313 e. The SMILES string of the molecule is CCN(CC1CCCCN1)S(=O)(=O)c1cc(Cl)sc1Cl. The van der Waals surface area contributed by atoms with Gasteiger partial charge in [0.15, 0.2) is 0 Å². The maximum absolute atomic E-state index is 12.6. The van der Waals surface area contributed by atoms with E-state index in [9.17, 15) is 8.42 Å². The predicted molar refractivity (Wildman–Crippen MR) is 84.4 cm³/mol. The fraction of sp³-hybridized carbons (Fsp3) is 0.667. The lowest BCUT2D eigenvalue weighted by Gasteiger charge is -2.29. The van der Waals surface area contributed by atoms with Crippen LogP contribution in [0.1, 0.15) is 26.2 Å². The third-order valence-corrected chi connectivity index (χ3v) is 7.13. The Morgan fingerprint density at radius 2 is 2.20 bits per heavy atom. The van der Waals surface area contributed by atoms with Gasteiger partial charge >= 0.3 is 0 Å². The van der Waals surface area contributed by atoms with Gasteiger partial charge in [-0.1, -0.05) is 36.5 Å². The number of piperidine rings is 1. The summed E-state index contributed by atoms with van der Waals surface area (Å²) >= 11 is 12.9. The molecule has 1 aromatic rings. The molecule has 1 atom stereocenters. The van der Waals surface area contributed by atoms with Gasteiger partial charge < -0.3 is 5.32 Å². The fourth-order valence-corrected chi connectivity index (χ4v) is 5.97. The maximum Gasteiger partial charge on any atom is 0.245 e. The smallest absolute Gasteiger partial charge is 0.245 e. The Bertz CT molecular complexity index is 554. The summed E-state index contributed by atoms with van der Waals surface area (Å²) in [6.07, 6.45) is 3.30. The molecule has 1 N–H and O–H groups in total. The van der Waals surface area contributed by atoms with Crippen LogP contribution in [0.25, 0.3) is 0 Å². The van der Waals surface area contributed by atoms with E-state index in [0.29, 0.717) is 17.4 Å². The normalized spacial score (nSPS) is 20.5. The third kappa shape index (κ3) is 3.67. The van der Waals surface area contributed by atoms with Crippen molar-refractivity contribution in [3.05, 3.63) is 14.7 Å². The Morgan fingerprint density at radius 1 is 1.45 bits per heavy atom. The second kappa shape index (κ2) is 6.94. The van der Waals surface area contributed by atoms with Crippen molar-refractivity contribution in [2.75, 3.05) is 19.6 Å². The molecule has 2 rings (SSSR count). The zero-order valence-electron chi connectivity index (χ0n) is 11.2. The summed E-state index contributed by atoms with van der Waals surface area (Å²) in [5, 5.41) is 3.36. The number of likely N-dealkylation sites (N-methyl/N-ethyl adjacent to an activating group) is 1. The van der Waals surface area contributed by atoms with Gasteiger partial charge in [-0.15, -0.1) is 11.3 Å². The number of thiophene rings is 1. The molecule has 1 unspecified atom stereocenters. The summed E-state index contributed by atoms with van der Waals surface area (Å²) in [5.41, 5.74) is 0. The van der Waals surface area contributed by atoms with Crippen LogP contribution in [-0.2, 0) is 10.0 Å². The molecule has 1 fully saturated rings. The first-order valence-corrected chi connectivity index (χ1v) is 9.64. The van der Waals surface area contributed by atoms with Crippen molar-refractivity contribution in [1.82, 2.24) is 9.62 Å². The highest BCUT2D eigenvalue weighted by molar-refractivity contribution is 7.89. The Balaban J connectivity index is 2.18. The van der Waals surface area contributed by atoms with Gasteiger partial charge in [-0.2, -0.15) is 4.31 Å². The summed E-state index contributed by atoms with van der Waals surface area (Å²) < 4.78 is 27.4. The lowest BCUT2D eigenvalue weighted by atomic mass is 10.1. The van der Waals surface area contributed by atoms with Crippen LogP contribution in [0.15, 0.2) is 11.0 Å². The van der Waals surface area contributed by atoms with E-state index in [0.717, 1.165) is 37.1 Å². The average Bonchev–Trinajstić information content (AvgIpc) is 2.76. The molecule has 0 aliphatic carbocycles. The third-order valence-electron chi connectivity index (χ3n) is 3.43. The van der Waals surface area contributed by atoms with Crippen LogP contribution in [0.5, 0.6) is 0 Å². The van der Waals surface area contributed by atoms with Gasteiger partial charge in [-0.25, -0.2) is 8.42 Å². The molecule has 0 aromatic carbocycles. The molecule has 1 aromatic heterocycles. The quantitative estimate of drug-likeness (QED) is 0.880. The molecule has 114 valence electrons. The first-order valence-electron chi connectivity index (χ1n) is 6.63. The number of hydrogen-bond acceptors (Lipinski definition) is 4. The van der Waals surface area contributed by atoms with Crippen molar-refractivity contribution in [1.29, 1.82) is 0 Å². The fourth-order valence-electron chi connectivity index (χ4n) is 2.36. The highest BCUT2D eigenvalue weighted by Gasteiger charge is 2.29. The maximum atomic E-state index is 12.6. The summed E-state index contributed by atoms with van der Waals surface area (Å²) in [7, 11) is -3.57. The second-order valence-corrected chi connectivity index (χ2v) is 8.98. The minimum absolute atomic E-state index is 0.117. The van der Waals surface area contributed by atoms with Gasteiger partial charge in [-0.05, 0) is 25.5 Å². The van der Waals surface area contributed by atoms with Crippen LogP contribution in [0.3, 0.4) is 0 Å². The molecular formula is C12H18Cl2N2O2S2. The topological polar surface area (TPSA) is 49.4 Å².